The van der Waals surface area contributed by atoms with Gasteiger partial charge in [-0.3, -0.25) is 0 Å². The molecule has 0 saturated carbocycles. The first-order valence-corrected chi connectivity index (χ1v) is 4.29. The Hall–Kier alpha value is -1.14. The second-order valence-corrected chi connectivity index (χ2v) is 3.11. The molecule has 1 aromatic carbocycles. The van der Waals surface area contributed by atoms with Gasteiger partial charge in [-0.1, -0.05) is 6.08 Å². The molecule has 1 aromatic rings. The molecular formula is C10H9ClF5N. The highest BCUT2D eigenvalue weighted by Crippen LogP contribution is 2.28. The van der Waals surface area contributed by atoms with Crippen LogP contribution in [-0.2, 0) is 0 Å². The molecule has 0 bridgehead atoms. The zero-order valence-corrected chi connectivity index (χ0v) is 9.26. The fourth-order valence-electron chi connectivity index (χ4n) is 1.24. The lowest BCUT2D eigenvalue weighted by molar-refractivity contribution is 0.364. The van der Waals surface area contributed by atoms with Crippen LogP contribution in [-0.4, -0.2) is 0 Å². The van der Waals surface area contributed by atoms with Crippen molar-refractivity contribution in [3.8, 4) is 0 Å². The average molecular weight is 274 g/mol. The van der Waals surface area contributed by atoms with E-state index in [9.17, 15) is 22.0 Å². The second-order valence-electron chi connectivity index (χ2n) is 3.11. The van der Waals surface area contributed by atoms with Gasteiger partial charge in [-0.2, -0.15) is 0 Å². The Morgan fingerprint density at radius 2 is 1.29 bits per heavy atom. The lowest BCUT2D eigenvalue weighted by Gasteiger charge is -2.13. The molecule has 1 nitrogen and oxygen atoms in total. The molecule has 0 unspecified atom stereocenters. The van der Waals surface area contributed by atoms with E-state index in [-0.39, 0.29) is 18.8 Å². The van der Waals surface area contributed by atoms with Crippen LogP contribution in [0.25, 0.3) is 0 Å². The lowest BCUT2D eigenvalue weighted by Crippen LogP contribution is -2.17. The van der Waals surface area contributed by atoms with Gasteiger partial charge < -0.3 is 5.73 Å². The van der Waals surface area contributed by atoms with Crippen molar-refractivity contribution in [2.45, 2.75) is 12.5 Å². The molecule has 7 heteroatoms. The van der Waals surface area contributed by atoms with E-state index in [1.165, 1.54) is 6.08 Å². The maximum Gasteiger partial charge on any atom is 0.200 e. The van der Waals surface area contributed by atoms with E-state index >= 15 is 0 Å². The van der Waals surface area contributed by atoms with Gasteiger partial charge >= 0.3 is 0 Å². The Morgan fingerprint density at radius 1 is 0.941 bits per heavy atom. The van der Waals surface area contributed by atoms with Crippen LogP contribution in [0.15, 0.2) is 12.7 Å². The monoisotopic (exact) mass is 273 g/mol. The van der Waals surface area contributed by atoms with Crippen LogP contribution in [0.5, 0.6) is 0 Å². The van der Waals surface area contributed by atoms with Crippen molar-refractivity contribution >= 4 is 12.4 Å². The minimum atomic E-state index is -2.19. The quantitative estimate of drug-likeness (QED) is 0.388. The van der Waals surface area contributed by atoms with Crippen molar-refractivity contribution in [2.24, 2.45) is 5.73 Å². The van der Waals surface area contributed by atoms with E-state index in [4.69, 9.17) is 5.73 Å². The van der Waals surface area contributed by atoms with Gasteiger partial charge in [-0.05, 0) is 6.42 Å². The van der Waals surface area contributed by atoms with E-state index in [1.54, 1.807) is 0 Å². The number of rotatable bonds is 3. The van der Waals surface area contributed by atoms with Crippen LogP contribution in [0.1, 0.15) is 18.0 Å². The molecule has 0 spiro atoms. The highest BCUT2D eigenvalue weighted by Gasteiger charge is 2.28. The molecular weight excluding hydrogens is 265 g/mol. The van der Waals surface area contributed by atoms with Gasteiger partial charge in [-0.25, -0.2) is 22.0 Å². The molecule has 0 aliphatic carbocycles. The van der Waals surface area contributed by atoms with Gasteiger partial charge in [0, 0.05) is 11.6 Å². The van der Waals surface area contributed by atoms with Crippen molar-refractivity contribution in [3.63, 3.8) is 0 Å². The van der Waals surface area contributed by atoms with Crippen LogP contribution in [0, 0.1) is 29.1 Å². The predicted octanol–water partition coefficient (Wildman–Crippen LogP) is 3.38. The number of hydrogen-bond donors (Lipinski definition) is 1. The number of hydrogen-bond acceptors (Lipinski definition) is 1. The molecule has 0 fully saturated rings. The summed E-state index contributed by atoms with van der Waals surface area (Å²) in [5, 5.41) is 0. The first-order chi connectivity index (χ1) is 7.41. The Morgan fingerprint density at radius 3 is 1.65 bits per heavy atom. The third-order valence-corrected chi connectivity index (χ3v) is 2.04. The molecule has 1 rings (SSSR count). The SMILES string of the molecule is C=CC[C@@H](N)c1c(F)c(F)c(F)c(F)c1F.Cl. The van der Waals surface area contributed by atoms with Gasteiger partial charge in [0.2, 0.25) is 5.82 Å². The van der Waals surface area contributed by atoms with Crippen molar-refractivity contribution in [1.82, 2.24) is 0 Å². The zero-order chi connectivity index (χ0) is 12.5. The molecule has 96 valence electrons. The first kappa shape index (κ1) is 15.9. The van der Waals surface area contributed by atoms with Gasteiger partial charge in [-0.15, -0.1) is 19.0 Å². The van der Waals surface area contributed by atoms with E-state index in [1.807, 2.05) is 0 Å². The summed E-state index contributed by atoms with van der Waals surface area (Å²) in [6.45, 7) is 3.26. The molecule has 17 heavy (non-hydrogen) atoms. The molecule has 0 heterocycles. The number of nitrogens with two attached hydrogens (primary N) is 1. The first-order valence-electron chi connectivity index (χ1n) is 4.29. The number of halogens is 6. The van der Waals surface area contributed by atoms with Crippen molar-refractivity contribution in [2.75, 3.05) is 0 Å². The fourth-order valence-corrected chi connectivity index (χ4v) is 1.24. The normalized spacial score (nSPS) is 11.9. The fraction of sp³-hybridized carbons (Fsp3) is 0.200. The summed E-state index contributed by atoms with van der Waals surface area (Å²) in [4.78, 5) is 0. The lowest BCUT2D eigenvalue weighted by atomic mass is 10.0. The summed E-state index contributed by atoms with van der Waals surface area (Å²) in [7, 11) is 0. The second kappa shape index (κ2) is 5.97. The minimum absolute atomic E-state index is 0. The standard InChI is InChI=1S/C10H8F5N.ClH/c1-2-3-4(16)5-6(11)8(13)10(15)9(14)7(5)12;/h2,4H,1,3,16H2;1H/t4-;/m1./s1. The van der Waals surface area contributed by atoms with Crippen LogP contribution >= 0.6 is 12.4 Å². The smallest absolute Gasteiger partial charge is 0.200 e. The summed E-state index contributed by atoms with van der Waals surface area (Å²) < 4.78 is 64.5. The molecule has 0 aliphatic rings. The molecule has 1 atom stereocenters. The van der Waals surface area contributed by atoms with Crippen molar-refractivity contribution in [1.29, 1.82) is 0 Å². The van der Waals surface area contributed by atoms with Crippen LogP contribution in [0.3, 0.4) is 0 Å². The van der Waals surface area contributed by atoms with E-state index < -0.39 is 40.7 Å². The Balaban J connectivity index is 0.00000256. The summed E-state index contributed by atoms with van der Waals surface area (Å²) >= 11 is 0. The van der Waals surface area contributed by atoms with Gasteiger partial charge in [0.05, 0.1) is 0 Å². The summed E-state index contributed by atoms with van der Waals surface area (Å²) in [6, 6.07) is -1.32. The van der Waals surface area contributed by atoms with Crippen LogP contribution in [0.4, 0.5) is 22.0 Å². The summed E-state index contributed by atoms with van der Waals surface area (Å²) in [6.07, 6.45) is 1.13. The summed E-state index contributed by atoms with van der Waals surface area (Å²) in [5.41, 5.74) is 4.27. The Labute approximate surface area is 101 Å². The highest BCUT2D eigenvalue weighted by molar-refractivity contribution is 5.85. The third-order valence-electron chi connectivity index (χ3n) is 2.04. The number of benzene rings is 1. The van der Waals surface area contributed by atoms with Gasteiger partial charge in [0.15, 0.2) is 23.3 Å². The predicted molar refractivity (Wildman–Crippen MR) is 55.2 cm³/mol. The van der Waals surface area contributed by atoms with Gasteiger partial charge in [0.25, 0.3) is 0 Å². The summed E-state index contributed by atoms with van der Waals surface area (Å²) in [5.74, 6) is -9.97. The maximum atomic E-state index is 13.1. The molecule has 0 radical (unpaired) electrons. The van der Waals surface area contributed by atoms with Crippen LogP contribution < -0.4 is 5.73 Å². The minimum Gasteiger partial charge on any atom is -0.324 e. The molecule has 2 N–H and O–H groups in total. The Bertz CT molecular complexity index is 406. The zero-order valence-electron chi connectivity index (χ0n) is 8.44. The van der Waals surface area contributed by atoms with Crippen LogP contribution in [0.2, 0.25) is 0 Å². The molecule has 0 amide bonds. The maximum absolute atomic E-state index is 13.1. The third kappa shape index (κ3) is 2.76. The van der Waals surface area contributed by atoms with E-state index in [2.05, 4.69) is 6.58 Å². The molecule has 0 saturated heterocycles. The van der Waals surface area contributed by atoms with E-state index in [0.29, 0.717) is 0 Å². The largest absolute Gasteiger partial charge is 0.324 e. The average Bonchev–Trinajstić information content (AvgIpc) is 2.24. The van der Waals surface area contributed by atoms with Gasteiger partial charge in [0.1, 0.15) is 0 Å². The topological polar surface area (TPSA) is 26.0 Å². The molecule has 0 aromatic heterocycles. The van der Waals surface area contributed by atoms with E-state index in [0.717, 1.165) is 0 Å². The van der Waals surface area contributed by atoms with Crippen molar-refractivity contribution < 1.29 is 22.0 Å². The van der Waals surface area contributed by atoms with Crippen molar-refractivity contribution in [3.05, 3.63) is 47.3 Å². The highest BCUT2D eigenvalue weighted by atomic mass is 35.5. The molecule has 0 aliphatic heterocycles. The Kier molecular flexibility index (Phi) is 5.57.